The molecule has 0 heterocycles. The molecule has 0 saturated heterocycles. The van der Waals surface area contributed by atoms with Gasteiger partial charge < -0.3 is 9.84 Å². The smallest absolute Gasteiger partial charge is 0.321 e. The molecular weight excluding hydrogens is 326 g/mol. The van der Waals surface area contributed by atoms with E-state index in [1.807, 2.05) is 4.72 Å². The summed E-state index contributed by atoms with van der Waals surface area (Å²) in [6.07, 6.45) is 0. The van der Waals surface area contributed by atoms with Crippen molar-refractivity contribution in [1.82, 2.24) is 4.72 Å². The van der Waals surface area contributed by atoms with E-state index in [1.165, 1.54) is 32.2 Å². The third-order valence-electron chi connectivity index (χ3n) is 2.14. The molecule has 1 rings (SSSR count). The molecule has 1 aromatic rings. The van der Waals surface area contributed by atoms with Crippen LogP contribution in [-0.2, 0) is 14.8 Å². The lowest BCUT2D eigenvalue weighted by Crippen LogP contribution is -2.38. The predicted octanol–water partition coefficient (Wildman–Crippen LogP) is 1.21. The first-order chi connectivity index (χ1) is 8.27. The second-order valence-corrected chi connectivity index (χ2v) is 6.05. The third kappa shape index (κ3) is 3.44. The van der Waals surface area contributed by atoms with E-state index < -0.39 is 22.0 Å². The first kappa shape index (κ1) is 14.9. The summed E-state index contributed by atoms with van der Waals surface area (Å²) < 4.78 is 31.2. The Kier molecular flexibility index (Phi) is 4.71. The number of nitrogens with one attached hydrogen (secondary N) is 1. The zero-order valence-corrected chi connectivity index (χ0v) is 12.1. The van der Waals surface area contributed by atoms with Gasteiger partial charge in [-0.25, -0.2) is 8.42 Å². The molecule has 18 heavy (non-hydrogen) atoms. The van der Waals surface area contributed by atoms with Crippen LogP contribution in [0.4, 0.5) is 0 Å². The number of methoxy groups -OCH3 is 1. The molecule has 0 fully saturated rings. The van der Waals surface area contributed by atoms with Crippen molar-refractivity contribution in [2.75, 3.05) is 7.11 Å². The summed E-state index contributed by atoms with van der Waals surface area (Å²) in [5.74, 6) is -0.758. The van der Waals surface area contributed by atoms with Crippen LogP contribution in [0.1, 0.15) is 6.92 Å². The van der Waals surface area contributed by atoms with Gasteiger partial charge in [0.2, 0.25) is 10.0 Å². The number of carboxylic acid groups (broad SMARTS) is 1. The maximum absolute atomic E-state index is 11.9. The number of hydrogen-bond donors (Lipinski definition) is 2. The Morgan fingerprint density at radius 2 is 2.11 bits per heavy atom. The topological polar surface area (TPSA) is 92.7 Å². The van der Waals surface area contributed by atoms with Crippen molar-refractivity contribution in [2.24, 2.45) is 0 Å². The molecule has 6 nitrogen and oxygen atoms in total. The van der Waals surface area contributed by atoms with Gasteiger partial charge in [0.1, 0.15) is 11.8 Å². The highest BCUT2D eigenvalue weighted by Crippen LogP contribution is 2.27. The van der Waals surface area contributed by atoms with E-state index in [0.717, 1.165) is 0 Å². The monoisotopic (exact) mass is 337 g/mol. The van der Waals surface area contributed by atoms with E-state index in [1.54, 1.807) is 0 Å². The Morgan fingerprint density at radius 3 is 2.56 bits per heavy atom. The van der Waals surface area contributed by atoms with E-state index in [-0.39, 0.29) is 4.90 Å². The highest BCUT2D eigenvalue weighted by Gasteiger charge is 2.22. The van der Waals surface area contributed by atoms with Crippen LogP contribution in [0.5, 0.6) is 5.75 Å². The van der Waals surface area contributed by atoms with E-state index in [4.69, 9.17) is 9.84 Å². The largest absolute Gasteiger partial charge is 0.496 e. The molecule has 1 atom stereocenters. The molecule has 0 radical (unpaired) electrons. The summed E-state index contributed by atoms with van der Waals surface area (Å²) in [5, 5.41) is 8.67. The maximum Gasteiger partial charge on any atom is 0.321 e. The van der Waals surface area contributed by atoms with Crippen molar-refractivity contribution in [3.05, 3.63) is 22.7 Å². The van der Waals surface area contributed by atoms with Crippen molar-refractivity contribution < 1.29 is 23.1 Å². The zero-order chi connectivity index (χ0) is 13.9. The molecule has 0 amide bonds. The Labute approximate surface area is 113 Å². The van der Waals surface area contributed by atoms with Crippen LogP contribution in [0.3, 0.4) is 0 Å². The minimum absolute atomic E-state index is 0.0386. The molecule has 0 aliphatic heterocycles. The van der Waals surface area contributed by atoms with E-state index in [9.17, 15) is 13.2 Å². The first-order valence-corrected chi connectivity index (χ1v) is 7.14. The van der Waals surface area contributed by atoms with Crippen LogP contribution >= 0.6 is 15.9 Å². The van der Waals surface area contributed by atoms with Gasteiger partial charge in [-0.05, 0) is 41.1 Å². The second kappa shape index (κ2) is 5.68. The zero-order valence-electron chi connectivity index (χ0n) is 9.68. The molecular formula is C10H12BrNO5S. The summed E-state index contributed by atoms with van der Waals surface area (Å²) in [4.78, 5) is 10.6. The minimum Gasteiger partial charge on any atom is -0.496 e. The molecule has 0 aliphatic rings. The van der Waals surface area contributed by atoms with E-state index in [2.05, 4.69) is 15.9 Å². The summed E-state index contributed by atoms with van der Waals surface area (Å²) in [6.45, 7) is 1.25. The predicted molar refractivity (Wildman–Crippen MR) is 68.1 cm³/mol. The number of benzene rings is 1. The Morgan fingerprint density at radius 1 is 1.50 bits per heavy atom. The van der Waals surface area contributed by atoms with Crippen molar-refractivity contribution in [1.29, 1.82) is 0 Å². The molecule has 8 heteroatoms. The van der Waals surface area contributed by atoms with Crippen LogP contribution in [0.25, 0.3) is 0 Å². The van der Waals surface area contributed by atoms with Crippen molar-refractivity contribution in [3.63, 3.8) is 0 Å². The minimum atomic E-state index is -3.87. The highest BCUT2D eigenvalue weighted by atomic mass is 79.9. The molecule has 2 N–H and O–H groups in total. The van der Waals surface area contributed by atoms with Crippen molar-refractivity contribution in [3.8, 4) is 5.75 Å². The van der Waals surface area contributed by atoms with Gasteiger partial charge in [0.05, 0.1) is 16.5 Å². The van der Waals surface area contributed by atoms with Gasteiger partial charge >= 0.3 is 5.97 Å². The van der Waals surface area contributed by atoms with Crippen LogP contribution < -0.4 is 9.46 Å². The molecule has 1 aromatic carbocycles. The summed E-state index contributed by atoms with van der Waals surface area (Å²) in [6, 6.07) is 2.95. The number of hydrogen-bond acceptors (Lipinski definition) is 4. The fraction of sp³-hybridized carbons (Fsp3) is 0.300. The first-order valence-electron chi connectivity index (χ1n) is 4.86. The molecule has 0 spiro atoms. The number of carbonyl (C=O) groups is 1. The van der Waals surface area contributed by atoms with Gasteiger partial charge in [-0.15, -0.1) is 0 Å². The Hall–Kier alpha value is -1.12. The fourth-order valence-corrected chi connectivity index (χ4v) is 3.08. The van der Waals surface area contributed by atoms with Gasteiger partial charge in [0.15, 0.2) is 0 Å². The van der Waals surface area contributed by atoms with Crippen molar-refractivity contribution >= 4 is 31.9 Å². The van der Waals surface area contributed by atoms with Gasteiger partial charge in [-0.1, -0.05) is 0 Å². The lowest BCUT2D eigenvalue weighted by molar-refractivity contribution is -0.138. The number of rotatable bonds is 5. The molecule has 0 unspecified atom stereocenters. The molecule has 100 valence electrons. The number of sulfonamides is 1. The van der Waals surface area contributed by atoms with Crippen LogP contribution in [0, 0.1) is 0 Å². The maximum atomic E-state index is 11.9. The number of ether oxygens (including phenoxy) is 1. The third-order valence-corrected chi connectivity index (χ3v) is 4.29. The lowest BCUT2D eigenvalue weighted by atomic mass is 10.3. The Bertz CT molecular complexity index is 557. The number of carboxylic acids is 1. The number of aliphatic carboxylic acids is 1. The molecule has 0 aromatic heterocycles. The average Bonchev–Trinajstić information content (AvgIpc) is 2.28. The van der Waals surface area contributed by atoms with Gasteiger partial charge in [-0.2, -0.15) is 4.72 Å². The summed E-state index contributed by atoms with van der Waals surface area (Å²) in [7, 11) is -2.41. The summed E-state index contributed by atoms with van der Waals surface area (Å²) in [5.41, 5.74) is 0. The lowest BCUT2D eigenvalue weighted by Gasteiger charge is -2.11. The quantitative estimate of drug-likeness (QED) is 0.842. The standard InChI is InChI=1S/C10H12BrNO5S/c1-6(10(13)14)12-18(15,16)7-3-4-9(17-2)8(11)5-7/h3-6,12H,1-2H3,(H,13,14)/t6-/m1/s1. The second-order valence-electron chi connectivity index (χ2n) is 3.48. The van der Waals surface area contributed by atoms with E-state index >= 15 is 0 Å². The van der Waals surface area contributed by atoms with Gasteiger partial charge in [0, 0.05) is 0 Å². The van der Waals surface area contributed by atoms with Gasteiger partial charge in [-0.3, -0.25) is 4.79 Å². The molecule has 0 aliphatic carbocycles. The van der Waals surface area contributed by atoms with Crippen molar-refractivity contribution in [2.45, 2.75) is 17.9 Å². The Balaban J connectivity index is 3.06. The summed E-state index contributed by atoms with van der Waals surface area (Å²) >= 11 is 3.16. The SMILES string of the molecule is COc1ccc(S(=O)(=O)N[C@H](C)C(=O)O)cc1Br. The molecule has 0 saturated carbocycles. The van der Waals surface area contributed by atoms with Gasteiger partial charge in [0.25, 0.3) is 0 Å². The average molecular weight is 338 g/mol. The fourth-order valence-electron chi connectivity index (χ4n) is 1.17. The van der Waals surface area contributed by atoms with Crippen LogP contribution in [0.2, 0.25) is 0 Å². The number of halogens is 1. The van der Waals surface area contributed by atoms with Crippen LogP contribution in [-0.4, -0.2) is 32.6 Å². The van der Waals surface area contributed by atoms with Crippen LogP contribution in [0.15, 0.2) is 27.6 Å². The highest BCUT2D eigenvalue weighted by molar-refractivity contribution is 9.10. The normalized spacial score (nSPS) is 13.1. The molecule has 0 bridgehead atoms. The van der Waals surface area contributed by atoms with E-state index in [0.29, 0.717) is 10.2 Å².